The van der Waals surface area contributed by atoms with E-state index in [2.05, 4.69) is 0 Å². The molecule has 0 aliphatic rings. The molecule has 4 heteroatoms. The van der Waals surface area contributed by atoms with E-state index in [4.69, 9.17) is 21.1 Å². The molecule has 1 rings (SSSR count). The van der Waals surface area contributed by atoms with Crippen LogP contribution in [0.15, 0.2) is 18.2 Å². The molecule has 0 spiro atoms. The second kappa shape index (κ2) is 3.53. The van der Waals surface area contributed by atoms with Crippen LogP contribution in [0.25, 0.3) is 0 Å². The van der Waals surface area contributed by atoms with Gasteiger partial charge in [-0.25, -0.2) is 0 Å². The molecule has 0 heterocycles. The molecule has 0 aliphatic heterocycles. The molecule has 1 atom stereocenters. The Morgan fingerprint density at radius 3 is 2.58 bits per heavy atom. The van der Waals surface area contributed by atoms with Gasteiger partial charge in [0.2, 0.25) is 0 Å². The smallest absolute Gasteiger partial charge is 0.128 e. The van der Waals surface area contributed by atoms with Gasteiger partial charge in [-0.2, -0.15) is 0 Å². The number of aliphatic hydroxyl groups is 2. The molecule has 0 aromatic heterocycles. The average Bonchev–Trinajstić information content (AvgIpc) is 2.05. The molecule has 66 valence electrons. The van der Waals surface area contributed by atoms with Gasteiger partial charge in [-0.1, -0.05) is 6.07 Å². The normalized spacial score (nSPS) is 12.9. The van der Waals surface area contributed by atoms with Crippen LogP contribution >= 0.6 is 0 Å². The van der Waals surface area contributed by atoms with Gasteiger partial charge in [0, 0.05) is 5.56 Å². The van der Waals surface area contributed by atoms with Gasteiger partial charge in [0.1, 0.15) is 12.0 Å². The van der Waals surface area contributed by atoms with Crippen molar-refractivity contribution in [2.45, 2.75) is 12.8 Å². The molecular formula is C8H11NO3. The zero-order chi connectivity index (χ0) is 9.14. The lowest BCUT2D eigenvalue weighted by Crippen LogP contribution is -2.08. The minimum Gasteiger partial charge on any atom is -0.508 e. The molecule has 12 heavy (non-hydrogen) atoms. The van der Waals surface area contributed by atoms with E-state index in [-0.39, 0.29) is 12.4 Å². The van der Waals surface area contributed by atoms with Gasteiger partial charge in [0.25, 0.3) is 0 Å². The van der Waals surface area contributed by atoms with Crippen LogP contribution in [0.4, 0.5) is 0 Å². The highest BCUT2D eigenvalue weighted by molar-refractivity contribution is 5.36. The first-order valence-electron chi connectivity index (χ1n) is 3.51. The second-order valence-corrected chi connectivity index (χ2v) is 2.49. The summed E-state index contributed by atoms with van der Waals surface area (Å²) >= 11 is 0. The Kier molecular flexibility index (Phi) is 2.65. The summed E-state index contributed by atoms with van der Waals surface area (Å²) in [6.45, 7) is -0.271. The van der Waals surface area contributed by atoms with E-state index in [0.29, 0.717) is 11.1 Å². The Labute approximate surface area is 69.9 Å². The van der Waals surface area contributed by atoms with Crippen molar-refractivity contribution in [3.05, 3.63) is 29.3 Å². The van der Waals surface area contributed by atoms with Crippen molar-refractivity contribution in [3.8, 4) is 5.75 Å². The summed E-state index contributed by atoms with van der Waals surface area (Å²) in [5, 5.41) is 26.8. The second-order valence-electron chi connectivity index (χ2n) is 2.49. The summed E-state index contributed by atoms with van der Waals surface area (Å²) in [5.41, 5.74) is 6.01. The van der Waals surface area contributed by atoms with Crippen LogP contribution in [-0.4, -0.2) is 15.3 Å². The first-order valence-corrected chi connectivity index (χ1v) is 3.51. The van der Waals surface area contributed by atoms with E-state index in [1.54, 1.807) is 0 Å². The largest absolute Gasteiger partial charge is 0.508 e. The lowest BCUT2D eigenvalue weighted by Gasteiger charge is -2.07. The summed E-state index contributed by atoms with van der Waals surface area (Å²) in [7, 11) is 0. The standard InChI is InChI=1S/C8H11NO3/c9-8(12)5-1-2-7(11)6(3-5)4-10/h1-3,8,10-12H,4,9H2. The molecule has 1 aromatic rings. The Morgan fingerprint density at radius 2 is 2.08 bits per heavy atom. The summed E-state index contributed by atoms with van der Waals surface area (Å²) in [6.07, 6.45) is -1.07. The van der Waals surface area contributed by atoms with Crippen LogP contribution in [0.2, 0.25) is 0 Å². The maximum atomic E-state index is 9.13. The van der Waals surface area contributed by atoms with Crippen molar-refractivity contribution in [2.24, 2.45) is 5.73 Å². The van der Waals surface area contributed by atoms with Gasteiger partial charge in [-0.3, -0.25) is 0 Å². The predicted octanol–water partition coefficient (Wildman–Crippen LogP) is -0.166. The number of hydrogen-bond donors (Lipinski definition) is 4. The summed E-state index contributed by atoms with van der Waals surface area (Å²) in [5.74, 6) is 0.00176. The summed E-state index contributed by atoms with van der Waals surface area (Å²) < 4.78 is 0. The number of aromatic hydroxyl groups is 1. The average molecular weight is 169 g/mol. The van der Waals surface area contributed by atoms with Gasteiger partial charge in [-0.15, -0.1) is 0 Å². The van der Waals surface area contributed by atoms with Crippen molar-refractivity contribution < 1.29 is 15.3 Å². The third-order valence-electron chi connectivity index (χ3n) is 1.62. The van der Waals surface area contributed by atoms with E-state index in [1.807, 2.05) is 0 Å². The molecule has 0 aliphatic carbocycles. The zero-order valence-electron chi connectivity index (χ0n) is 6.44. The van der Waals surface area contributed by atoms with Crippen molar-refractivity contribution in [2.75, 3.05) is 0 Å². The fourth-order valence-corrected chi connectivity index (χ4v) is 0.916. The van der Waals surface area contributed by atoms with Gasteiger partial charge < -0.3 is 21.1 Å². The Hall–Kier alpha value is -1.10. The number of benzene rings is 1. The summed E-state index contributed by atoms with van der Waals surface area (Å²) in [6, 6.07) is 4.34. The van der Waals surface area contributed by atoms with Gasteiger partial charge in [0.05, 0.1) is 6.61 Å². The highest BCUT2D eigenvalue weighted by atomic mass is 16.3. The minimum atomic E-state index is -1.07. The molecular weight excluding hydrogens is 158 g/mol. The van der Waals surface area contributed by atoms with Gasteiger partial charge in [-0.05, 0) is 17.7 Å². The molecule has 1 unspecified atom stereocenters. The molecule has 1 aromatic carbocycles. The molecule has 0 radical (unpaired) electrons. The van der Waals surface area contributed by atoms with Crippen LogP contribution in [0, 0.1) is 0 Å². The Balaban J connectivity index is 3.05. The first kappa shape index (κ1) is 8.99. The molecule has 0 fully saturated rings. The van der Waals surface area contributed by atoms with Crippen LogP contribution < -0.4 is 5.73 Å². The lowest BCUT2D eigenvalue weighted by atomic mass is 10.1. The first-order chi connectivity index (χ1) is 5.65. The third-order valence-corrected chi connectivity index (χ3v) is 1.62. The monoisotopic (exact) mass is 169 g/mol. The number of nitrogens with two attached hydrogens (primary N) is 1. The van der Waals surface area contributed by atoms with Crippen LogP contribution in [0.1, 0.15) is 17.4 Å². The Bertz CT molecular complexity index is 273. The van der Waals surface area contributed by atoms with Crippen LogP contribution in [0.5, 0.6) is 5.75 Å². The molecule has 4 nitrogen and oxygen atoms in total. The molecule has 0 saturated heterocycles. The number of aliphatic hydroxyl groups excluding tert-OH is 2. The molecule has 0 saturated carbocycles. The van der Waals surface area contributed by atoms with E-state index in [9.17, 15) is 0 Å². The SMILES string of the molecule is NC(O)c1ccc(O)c(CO)c1. The van der Waals surface area contributed by atoms with Crippen molar-refractivity contribution in [1.29, 1.82) is 0 Å². The van der Waals surface area contributed by atoms with E-state index in [0.717, 1.165) is 0 Å². The number of rotatable bonds is 2. The maximum Gasteiger partial charge on any atom is 0.128 e. The molecule has 0 bridgehead atoms. The van der Waals surface area contributed by atoms with Crippen molar-refractivity contribution in [3.63, 3.8) is 0 Å². The van der Waals surface area contributed by atoms with Crippen LogP contribution in [-0.2, 0) is 6.61 Å². The van der Waals surface area contributed by atoms with Crippen molar-refractivity contribution in [1.82, 2.24) is 0 Å². The number of phenols is 1. The van der Waals surface area contributed by atoms with E-state index in [1.165, 1.54) is 18.2 Å². The zero-order valence-corrected chi connectivity index (χ0v) is 6.44. The fraction of sp³-hybridized carbons (Fsp3) is 0.250. The fourth-order valence-electron chi connectivity index (χ4n) is 0.916. The maximum absolute atomic E-state index is 9.13. The van der Waals surface area contributed by atoms with Crippen LogP contribution in [0.3, 0.4) is 0 Å². The third kappa shape index (κ3) is 1.73. The molecule has 5 N–H and O–H groups in total. The highest BCUT2D eigenvalue weighted by Gasteiger charge is 2.04. The topological polar surface area (TPSA) is 86.7 Å². The molecule has 0 amide bonds. The van der Waals surface area contributed by atoms with E-state index < -0.39 is 6.23 Å². The number of hydrogen-bond acceptors (Lipinski definition) is 4. The minimum absolute atomic E-state index is 0.00176. The van der Waals surface area contributed by atoms with E-state index >= 15 is 0 Å². The quantitative estimate of drug-likeness (QED) is 0.463. The van der Waals surface area contributed by atoms with Gasteiger partial charge in [0.15, 0.2) is 0 Å². The highest BCUT2D eigenvalue weighted by Crippen LogP contribution is 2.20. The van der Waals surface area contributed by atoms with Crippen molar-refractivity contribution >= 4 is 0 Å². The summed E-state index contributed by atoms with van der Waals surface area (Å²) in [4.78, 5) is 0. The Morgan fingerprint density at radius 1 is 1.42 bits per heavy atom. The lowest BCUT2D eigenvalue weighted by molar-refractivity contribution is 0.185. The van der Waals surface area contributed by atoms with Gasteiger partial charge >= 0.3 is 0 Å². The predicted molar refractivity (Wildman–Crippen MR) is 43.2 cm³/mol.